The van der Waals surface area contributed by atoms with Crippen LogP contribution in [0.5, 0.6) is 0 Å². The van der Waals surface area contributed by atoms with E-state index in [0.29, 0.717) is 5.15 Å². The molecule has 0 atom stereocenters. The molecule has 3 aromatic rings. The molecular weight excluding hydrogens is 322 g/mol. The highest BCUT2D eigenvalue weighted by Crippen LogP contribution is 2.26. The van der Waals surface area contributed by atoms with Crippen LogP contribution < -0.4 is 4.90 Å². The lowest BCUT2D eigenvalue weighted by Gasteiger charge is -2.35. The molecule has 0 saturated carbocycles. The van der Waals surface area contributed by atoms with Gasteiger partial charge >= 0.3 is 0 Å². The summed E-state index contributed by atoms with van der Waals surface area (Å²) in [5, 5.41) is 4.84. The van der Waals surface area contributed by atoms with Crippen LogP contribution in [-0.2, 0) is 0 Å². The largest absolute Gasteiger partial charge is 0.369 e. The van der Waals surface area contributed by atoms with E-state index in [4.69, 9.17) is 11.6 Å². The highest BCUT2D eigenvalue weighted by atomic mass is 35.5. The lowest BCUT2D eigenvalue weighted by molar-refractivity contribution is 0.271. The molecule has 1 saturated heterocycles. The predicted molar refractivity (Wildman–Crippen MR) is 97.8 cm³/mol. The first-order valence-corrected chi connectivity index (χ1v) is 8.70. The number of rotatable bonds is 3. The number of hydrogen-bond donors (Lipinski definition) is 0. The van der Waals surface area contributed by atoms with Crippen LogP contribution in [0.4, 0.5) is 5.69 Å². The van der Waals surface area contributed by atoms with E-state index >= 15 is 0 Å². The third-order valence-corrected chi connectivity index (χ3v) is 4.86. The minimum absolute atomic E-state index is 0.466. The molecule has 3 heterocycles. The maximum Gasteiger partial charge on any atom is 0.154 e. The fourth-order valence-electron chi connectivity index (χ4n) is 3.23. The smallest absolute Gasteiger partial charge is 0.154 e. The first-order valence-electron chi connectivity index (χ1n) is 8.32. The summed E-state index contributed by atoms with van der Waals surface area (Å²) >= 11 is 6.04. The number of nitrogens with zero attached hydrogens (tertiary/aromatic N) is 5. The summed E-state index contributed by atoms with van der Waals surface area (Å²) in [6, 6.07) is 12.2. The molecule has 6 heteroatoms. The summed E-state index contributed by atoms with van der Waals surface area (Å²) < 4.78 is 1.80. The second-order valence-electron chi connectivity index (χ2n) is 6.04. The predicted octanol–water partition coefficient (Wildman–Crippen LogP) is 3.19. The molecule has 1 aromatic carbocycles. The minimum Gasteiger partial charge on any atom is -0.369 e. The van der Waals surface area contributed by atoms with E-state index in [0.717, 1.165) is 49.6 Å². The zero-order valence-corrected chi connectivity index (χ0v) is 14.4. The van der Waals surface area contributed by atoms with Gasteiger partial charge in [0.1, 0.15) is 5.15 Å². The molecule has 1 aliphatic heterocycles. The first-order chi connectivity index (χ1) is 11.7. The molecule has 5 nitrogen and oxygen atoms in total. The van der Waals surface area contributed by atoms with Gasteiger partial charge in [-0.1, -0.05) is 30.7 Å². The highest BCUT2D eigenvalue weighted by Gasteiger charge is 2.16. The van der Waals surface area contributed by atoms with E-state index in [9.17, 15) is 0 Å². The number of halogens is 1. The first kappa shape index (κ1) is 15.4. The van der Waals surface area contributed by atoms with Crippen LogP contribution in [-0.4, -0.2) is 52.2 Å². The van der Waals surface area contributed by atoms with Gasteiger partial charge in [0, 0.05) is 37.4 Å². The second-order valence-corrected chi connectivity index (χ2v) is 6.43. The molecular formula is C18H20ClN5. The van der Waals surface area contributed by atoms with Gasteiger partial charge in [0.25, 0.3) is 0 Å². The zero-order chi connectivity index (χ0) is 16.5. The topological polar surface area (TPSA) is 36.7 Å². The van der Waals surface area contributed by atoms with Gasteiger partial charge in [0.15, 0.2) is 5.65 Å². The van der Waals surface area contributed by atoms with Crippen molar-refractivity contribution in [2.45, 2.75) is 6.92 Å². The average Bonchev–Trinajstić information content (AvgIpc) is 3.05. The summed E-state index contributed by atoms with van der Waals surface area (Å²) in [7, 11) is 0. The molecule has 4 rings (SSSR count). The monoisotopic (exact) mass is 341 g/mol. The Balaban J connectivity index is 1.66. The standard InChI is InChI=1S/C18H20ClN5/c1-2-22-8-10-23(11-9-22)15-5-3-4-14(12-15)16-13-20-18-7-6-17(19)21-24(16)18/h3-7,12-13H,2,8-11H2,1H3. The number of likely N-dealkylation sites (N-methyl/N-ethyl adjacent to an activating group) is 1. The third kappa shape index (κ3) is 2.85. The lowest BCUT2D eigenvalue weighted by atomic mass is 10.1. The van der Waals surface area contributed by atoms with E-state index in [-0.39, 0.29) is 0 Å². The Morgan fingerprint density at radius 1 is 1.08 bits per heavy atom. The van der Waals surface area contributed by atoms with Crippen molar-refractivity contribution in [2.24, 2.45) is 0 Å². The normalized spacial score (nSPS) is 16.0. The SMILES string of the molecule is CCN1CCN(c2cccc(-c3cnc4ccc(Cl)nn34)c2)CC1. The van der Waals surface area contributed by atoms with Crippen LogP contribution in [0.2, 0.25) is 5.15 Å². The van der Waals surface area contributed by atoms with Crippen molar-refractivity contribution >= 4 is 22.9 Å². The number of piperazine rings is 1. The molecule has 2 aromatic heterocycles. The quantitative estimate of drug-likeness (QED) is 0.733. The maximum atomic E-state index is 6.04. The van der Waals surface area contributed by atoms with Gasteiger partial charge in [-0.2, -0.15) is 5.10 Å². The van der Waals surface area contributed by atoms with E-state index in [1.165, 1.54) is 5.69 Å². The summed E-state index contributed by atoms with van der Waals surface area (Å²) in [5.74, 6) is 0. The van der Waals surface area contributed by atoms with Crippen molar-refractivity contribution in [2.75, 3.05) is 37.6 Å². The number of benzene rings is 1. The fourth-order valence-corrected chi connectivity index (χ4v) is 3.37. The molecule has 0 N–H and O–H groups in total. The Morgan fingerprint density at radius 2 is 1.92 bits per heavy atom. The van der Waals surface area contributed by atoms with Gasteiger partial charge in [-0.3, -0.25) is 0 Å². The van der Waals surface area contributed by atoms with Gasteiger partial charge in [0.05, 0.1) is 11.9 Å². The molecule has 0 radical (unpaired) electrons. The van der Waals surface area contributed by atoms with Crippen molar-refractivity contribution < 1.29 is 0 Å². The maximum absolute atomic E-state index is 6.04. The molecule has 0 aliphatic carbocycles. The summed E-state index contributed by atoms with van der Waals surface area (Å²) in [5.41, 5.74) is 4.12. The molecule has 124 valence electrons. The molecule has 0 bridgehead atoms. The van der Waals surface area contributed by atoms with Crippen molar-refractivity contribution in [3.63, 3.8) is 0 Å². The second kappa shape index (κ2) is 6.42. The van der Waals surface area contributed by atoms with E-state index < -0.39 is 0 Å². The molecule has 0 amide bonds. The number of imidazole rings is 1. The summed E-state index contributed by atoms with van der Waals surface area (Å²) in [6.07, 6.45) is 1.85. The van der Waals surface area contributed by atoms with E-state index in [2.05, 4.69) is 51.1 Å². The Morgan fingerprint density at radius 3 is 2.71 bits per heavy atom. The van der Waals surface area contributed by atoms with Gasteiger partial charge < -0.3 is 9.80 Å². The van der Waals surface area contributed by atoms with E-state index in [1.807, 2.05) is 12.3 Å². The van der Waals surface area contributed by atoms with Crippen LogP contribution in [0.3, 0.4) is 0 Å². The summed E-state index contributed by atoms with van der Waals surface area (Å²) in [6.45, 7) is 7.71. The van der Waals surface area contributed by atoms with Crippen LogP contribution in [0, 0.1) is 0 Å². The number of hydrogen-bond acceptors (Lipinski definition) is 4. The van der Waals surface area contributed by atoms with Crippen molar-refractivity contribution in [3.05, 3.63) is 47.7 Å². The number of aromatic nitrogens is 3. The van der Waals surface area contributed by atoms with Crippen LogP contribution in [0.15, 0.2) is 42.6 Å². The van der Waals surface area contributed by atoms with Gasteiger partial charge in [-0.05, 0) is 30.8 Å². The number of fused-ring (bicyclic) bond motifs is 1. The van der Waals surface area contributed by atoms with Crippen LogP contribution in [0.1, 0.15) is 6.92 Å². The molecule has 1 aliphatic rings. The molecule has 0 spiro atoms. The Bertz CT molecular complexity index is 851. The molecule has 24 heavy (non-hydrogen) atoms. The van der Waals surface area contributed by atoms with Crippen molar-refractivity contribution in [3.8, 4) is 11.3 Å². The van der Waals surface area contributed by atoms with Crippen LogP contribution >= 0.6 is 11.6 Å². The van der Waals surface area contributed by atoms with Gasteiger partial charge in [0.2, 0.25) is 0 Å². The van der Waals surface area contributed by atoms with Crippen molar-refractivity contribution in [1.29, 1.82) is 0 Å². The number of anilines is 1. The fraction of sp³-hybridized carbons (Fsp3) is 0.333. The Labute approximate surface area is 146 Å². The van der Waals surface area contributed by atoms with E-state index in [1.54, 1.807) is 10.6 Å². The Hall–Kier alpha value is -2.11. The highest BCUT2D eigenvalue weighted by molar-refractivity contribution is 6.29. The third-order valence-electron chi connectivity index (χ3n) is 4.66. The lowest BCUT2D eigenvalue weighted by Crippen LogP contribution is -2.46. The van der Waals surface area contributed by atoms with Gasteiger partial charge in [-0.25, -0.2) is 9.50 Å². The van der Waals surface area contributed by atoms with Gasteiger partial charge in [-0.15, -0.1) is 0 Å². The summed E-state index contributed by atoms with van der Waals surface area (Å²) in [4.78, 5) is 9.35. The molecule has 0 unspecified atom stereocenters. The van der Waals surface area contributed by atoms with Crippen molar-refractivity contribution in [1.82, 2.24) is 19.5 Å². The minimum atomic E-state index is 0.466. The van der Waals surface area contributed by atoms with Crippen LogP contribution in [0.25, 0.3) is 16.9 Å². The zero-order valence-electron chi connectivity index (χ0n) is 13.7. The Kier molecular flexibility index (Phi) is 4.12. The molecule has 1 fully saturated rings. The average molecular weight is 342 g/mol.